The van der Waals surface area contributed by atoms with Gasteiger partial charge >= 0.3 is 0 Å². The van der Waals surface area contributed by atoms with Crippen LogP contribution in [0.25, 0.3) is 22.2 Å². The Balaban J connectivity index is 1.41. The van der Waals surface area contributed by atoms with Crippen LogP contribution in [0.2, 0.25) is 0 Å². The predicted octanol–water partition coefficient (Wildman–Crippen LogP) is 3.49. The molecule has 2 aliphatic heterocycles. The monoisotopic (exact) mass is 417 g/mol. The molecule has 0 atom stereocenters. The van der Waals surface area contributed by atoms with Gasteiger partial charge in [-0.2, -0.15) is 0 Å². The smallest absolute Gasteiger partial charge is 0.252 e. The maximum atomic E-state index is 12.6. The number of pyridine rings is 1. The average Bonchev–Trinajstić information content (AvgIpc) is 3.26. The van der Waals surface area contributed by atoms with Crippen molar-refractivity contribution in [1.29, 1.82) is 0 Å². The quantitative estimate of drug-likeness (QED) is 0.609. The van der Waals surface area contributed by atoms with Crippen molar-refractivity contribution in [3.8, 4) is 11.1 Å². The lowest BCUT2D eigenvalue weighted by Gasteiger charge is -2.27. The molecule has 0 saturated carbocycles. The summed E-state index contributed by atoms with van der Waals surface area (Å²) in [6, 6.07) is 9.77. The molecule has 3 aromatic rings. The Morgan fingerprint density at radius 3 is 2.71 bits per heavy atom. The number of likely N-dealkylation sites (tertiary alicyclic amines) is 1. The largest absolute Gasteiger partial charge is 0.345 e. The second-order valence-electron chi connectivity index (χ2n) is 9.20. The van der Waals surface area contributed by atoms with Gasteiger partial charge in [-0.25, -0.2) is 4.98 Å². The first kappa shape index (κ1) is 19.8. The Bertz CT molecular complexity index is 1190. The zero-order chi connectivity index (χ0) is 21.8. The highest BCUT2D eigenvalue weighted by Crippen LogP contribution is 2.36. The molecule has 1 saturated heterocycles. The standard InChI is InChI=1S/C24H27N5O2/c1-24(2)19-12-15(4-5-17(19)23(31)28-24)18-13-25-21-16(18)6-7-20(26-21)27-22(30)14-8-10-29(3)11-9-14/h4-7,12-14H,8-11H2,1-3H3,(H,28,31)(H2,25,26,27,30). The summed E-state index contributed by atoms with van der Waals surface area (Å²) in [5.74, 6) is 0.621. The van der Waals surface area contributed by atoms with E-state index in [1.165, 1.54) is 0 Å². The Kier molecular flexibility index (Phi) is 4.59. The molecule has 7 nitrogen and oxygen atoms in total. The number of hydrogen-bond acceptors (Lipinski definition) is 4. The van der Waals surface area contributed by atoms with Crippen LogP contribution in [0.1, 0.15) is 42.6 Å². The number of nitrogens with zero attached hydrogens (tertiary/aromatic N) is 2. The molecule has 0 radical (unpaired) electrons. The van der Waals surface area contributed by atoms with Gasteiger partial charge in [0.15, 0.2) is 0 Å². The lowest BCUT2D eigenvalue weighted by atomic mass is 9.91. The van der Waals surface area contributed by atoms with Crippen LogP contribution in [0.15, 0.2) is 36.5 Å². The minimum absolute atomic E-state index is 0.0304. The number of aromatic amines is 1. The van der Waals surface area contributed by atoms with Crippen molar-refractivity contribution in [3.63, 3.8) is 0 Å². The molecule has 5 rings (SSSR count). The van der Waals surface area contributed by atoms with E-state index in [9.17, 15) is 9.59 Å². The number of rotatable bonds is 3. The molecule has 0 aliphatic carbocycles. The van der Waals surface area contributed by atoms with Crippen LogP contribution in [0, 0.1) is 5.92 Å². The first-order valence-electron chi connectivity index (χ1n) is 10.8. The molecule has 0 spiro atoms. The van der Waals surface area contributed by atoms with Crippen LogP contribution < -0.4 is 10.6 Å². The van der Waals surface area contributed by atoms with Gasteiger partial charge in [0.25, 0.3) is 5.91 Å². The van der Waals surface area contributed by atoms with E-state index in [4.69, 9.17) is 0 Å². The van der Waals surface area contributed by atoms with Crippen LogP contribution in [-0.2, 0) is 10.3 Å². The van der Waals surface area contributed by atoms with Gasteiger partial charge in [0.05, 0.1) is 5.54 Å². The number of benzene rings is 1. The van der Waals surface area contributed by atoms with Crippen LogP contribution in [-0.4, -0.2) is 46.8 Å². The third-order valence-electron chi connectivity index (χ3n) is 6.55. The fourth-order valence-corrected chi connectivity index (χ4v) is 4.66. The lowest BCUT2D eigenvalue weighted by Crippen LogP contribution is -2.36. The van der Waals surface area contributed by atoms with Gasteiger partial charge in [0.2, 0.25) is 5.91 Å². The number of aromatic nitrogens is 2. The van der Waals surface area contributed by atoms with E-state index in [1.54, 1.807) is 0 Å². The molecule has 1 aromatic carbocycles. The first-order valence-corrected chi connectivity index (χ1v) is 10.8. The average molecular weight is 418 g/mol. The molecule has 4 heterocycles. The number of fused-ring (bicyclic) bond motifs is 2. The van der Waals surface area contributed by atoms with Crippen LogP contribution in [0.4, 0.5) is 5.82 Å². The second kappa shape index (κ2) is 7.20. The molecule has 7 heteroatoms. The molecular formula is C24H27N5O2. The molecule has 0 unspecified atom stereocenters. The van der Waals surface area contributed by atoms with Gasteiger partial charge in [0, 0.05) is 28.6 Å². The number of piperidine rings is 1. The number of amides is 2. The highest BCUT2D eigenvalue weighted by Gasteiger charge is 2.35. The fraction of sp³-hybridized carbons (Fsp3) is 0.375. The lowest BCUT2D eigenvalue weighted by molar-refractivity contribution is -0.121. The molecule has 3 N–H and O–H groups in total. The third-order valence-corrected chi connectivity index (χ3v) is 6.55. The molecule has 160 valence electrons. The number of anilines is 1. The molecule has 2 amide bonds. The minimum atomic E-state index is -0.391. The number of hydrogen-bond donors (Lipinski definition) is 3. The fourth-order valence-electron chi connectivity index (χ4n) is 4.66. The second-order valence-corrected chi connectivity index (χ2v) is 9.20. The summed E-state index contributed by atoms with van der Waals surface area (Å²) in [6.45, 7) is 5.92. The molecule has 2 aliphatic rings. The Morgan fingerprint density at radius 1 is 1.16 bits per heavy atom. The van der Waals surface area contributed by atoms with Crippen molar-refractivity contribution in [2.24, 2.45) is 5.92 Å². The minimum Gasteiger partial charge on any atom is -0.345 e. The maximum absolute atomic E-state index is 12.6. The Morgan fingerprint density at radius 2 is 1.94 bits per heavy atom. The van der Waals surface area contributed by atoms with E-state index >= 15 is 0 Å². The van der Waals surface area contributed by atoms with Gasteiger partial charge in [-0.05, 0) is 82.2 Å². The Hall–Kier alpha value is -3.19. The highest BCUT2D eigenvalue weighted by atomic mass is 16.2. The first-order chi connectivity index (χ1) is 14.8. The summed E-state index contributed by atoms with van der Waals surface area (Å²) in [4.78, 5) is 34.9. The summed E-state index contributed by atoms with van der Waals surface area (Å²) in [7, 11) is 2.09. The van der Waals surface area contributed by atoms with Crippen molar-refractivity contribution < 1.29 is 9.59 Å². The Labute approximate surface area is 181 Å². The van der Waals surface area contributed by atoms with E-state index in [-0.39, 0.29) is 17.7 Å². The molecular weight excluding hydrogens is 390 g/mol. The summed E-state index contributed by atoms with van der Waals surface area (Å²) in [5.41, 5.74) is 4.11. The number of carbonyl (C=O) groups is 2. The topological polar surface area (TPSA) is 90.1 Å². The van der Waals surface area contributed by atoms with Crippen molar-refractivity contribution >= 4 is 28.7 Å². The number of H-pyrrole nitrogens is 1. The van der Waals surface area contributed by atoms with Crippen molar-refractivity contribution in [1.82, 2.24) is 20.2 Å². The molecule has 31 heavy (non-hydrogen) atoms. The van der Waals surface area contributed by atoms with E-state index in [0.717, 1.165) is 59.2 Å². The van der Waals surface area contributed by atoms with E-state index < -0.39 is 5.54 Å². The number of carbonyl (C=O) groups excluding carboxylic acids is 2. The number of nitrogens with one attached hydrogen (secondary N) is 3. The van der Waals surface area contributed by atoms with E-state index in [1.807, 2.05) is 44.3 Å². The molecule has 0 bridgehead atoms. The van der Waals surface area contributed by atoms with Gasteiger partial charge in [-0.1, -0.05) is 6.07 Å². The van der Waals surface area contributed by atoms with E-state index in [2.05, 4.69) is 38.6 Å². The van der Waals surface area contributed by atoms with Gasteiger partial charge < -0.3 is 20.5 Å². The van der Waals surface area contributed by atoms with Crippen LogP contribution in [0.5, 0.6) is 0 Å². The van der Waals surface area contributed by atoms with Crippen molar-refractivity contribution in [3.05, 3.63) is 47.7 Å². The summed E-state index contributed by atoms with van der Waals surface area (Å²) in [5, 5.41) is 6.98. The highest BCUT2D eigenvalue weighted by molar-refractivity contribution is 6.02. The van der Waals surface area contributed by atoms with Gasteiger partial charge in [-0.3, -0.25) is 9.59 Å². The van der Waals surface area contributed by atoms with E-state index in [0.29, 0.717) is 5.82 Å². The molecule has 2 aromatic heterocycles. The molecule has 1 fully saturated rings. The van der Waals surface area contributed by atoms with Gasteiger partial charge in [0.1, 0.15) is 11.5 Å². The van der Waals surface area contributed by atoms with Crippen LogP contribution in [0.3, 0.4) is 0 Å². The zero-order valence-corrected chi connectivity index (χ0v) is 18.1. The summed E-state index contributed by atoms with van der Waals surface area (Å²) < 4.78 is 0. The normalized spacial score (nSPS) is 18.7. The summed E-state index contributed by atoms with van der Waals surface area (Å²) >= 11 is 0. The zero-order valence-electron chi connectivity index (χ0n) is 18.1. The third kappa shape index (κ3) is 3.49. The van der Waals surface area contributed by atoms with Crippen LogP contribution >= 0.6 is 0 Å². The van der Waals surface area contributed by atoms with Crippen molar-refractivity contribution in [2.45, 2.75) is 32.2 Å². The maximum Gasteiger partial charge on any atom is 0.252 e. The summed E-state index contributed by atoms with van der Waals surface area (Å²) in [6.07, 6.45) is 3.69. The predicted molar refractivity (Wildman–Crippen MR) is 121 cm³/mol. The SMILES string of the molecule is CN1CCC(C(=O)Nc2ccc3c(-c4ccc5c(c4)C(C)(C)NC5=O)c[nH]c3n2)CC1. The van der Waals surface area contributed by atoms with Gasteiger partial charge in [-0.15, -0.1) is 0 Å². The van der Waals surface area contributed by atoms with Crippen molar-refractivity contribution in [2.75, 3.05) is 25.5 Å².